The van der Waals surface area contributed by atoms with Gasteiger partial charge in [-0.1, -0.05) is 44.9 Å². The number of methoxy groups -OCH3 is 1. The van der Waals surface area contributed by atoms with Crippen LogP contribution in [0.15, 0.2) is 36.4 Å². The third kappa shape index (κ3) is 5.09. The number of aliphatic hydroxyl groups excluding tert-OH is 1. The first-order valence-corrected chi connectivity index (χ1v) is 9.21. The van der Waals surface area contributed by atoms with Crippen LogP contribution in [-0.2, 0) is 35.4 Å². The van der Waals surface area contributed by atoms with Crippen LogP contribution in [0.5, 0.6) is 11.5 Å². The molecule has 0 aliphatic rings. The lowest BCUT2D eigenvalue weighted by molar-refractivity contribution is -0.139. The fraction of sp³-hybridized carbons (Fsp3) is 0.409. The van der Waals surface area contributed by atoms with Crippen molar-refractivity contribution in [2.75, 3.05) is 7.11 Å². The topological polar surface area (TPSA) is 55.8 Å². The van der Waals surface area contributed by atoms with Crippen molar-refractivity contribution in [2.24, 2.45) is 0 Å². The summed E-state index contributed by atoms with van der Waals surface area (Å²) in [6.07, 6.45) is 3.90. The van der Waals surface area contributed by atoms with E-state index in [0.29, 0.717) is 5.75 Å². The number of hydrogen-bond acceptors (Lipinski definition) is 4. The van der Waals surface area contributed by atoms with Crippen LogP contribution in [0, 0.1) is 0 Å². The van der Waals surface area contributed by atoms with Gasteiger partial charge in [0, 0.05) is 5.56 Å². The van der Waals surface area contributed by atoms with E-state index in [2.05, 4.69) is 13.8 Å². The number of aryl methyl sites for hydroxylation is 2. The van der Waals surface area contributed by atoms with Gasteiger partial charge < -0.3 is 14.6 Å². The van der Waals surface area contributed by atoms with Crippen LogP contribution in [0.25, 0.3) is 0 Å². The molecule has 0 saturated heterocycles. The van der Waals surface area contributed by atoms with E-state index in [1.807, 2.05) is 36.4 Å². The fourth-order valence-electron chi connectivity index (χ4n) is 3.05. The van der Waals surface area contributed by atoms with Crippen molar-refractivity contribution in [3.8, 4) is 11.5 Å². The summed E-state index contributed by atoms with van der Waals surface area (Å²) in [6.45, 7) is 4.27. The monoisotopic (exact) mass is 356 g/mol. The van der Waals surface area contributed by atoms with E-state index in [0.717, 1.165) is 53.7 Å². The molecule has 0 aliphatic heterocycles. The Balaban J connectivity index is 2.46. The predicted molar refractivity (Wildman–Crippen MR) is 103 cm³/mol. The van der Waals surface area contributed by atoms with Gasteiger partial charge in [-0.2, -0.15) is 0 Å². The molecular formula is C22H28O4. The van der Waals surface area contributed by atoms with Crippen molar-refractivity contribution in [1.82, 2.24) is 0 Å². The van der Waals surface area contributed by atoms with E-state index in [9.17, 15) is 9.90 Å². The number of rotatable bonds is 9. The molecule has 0 saturated carbocycles. The molecule has 140 valence electrons. The number of aliphatic hydroxyl groups is 1. The third-order valence-corrected chi connectivity index (χ3v) is 4.27. The summed E-state index contributed by atoms with van der Waals surface area (Å²) in [5.74, 6) is 1.23. The Hall–Kier alpha value is -2.33. The van der Waals surface area contributed by atoms with Crippen LogP contribution < -0.4 is 4.74 Å². The molecule has 0 radical (unpaired) electrons. The van der Waals surface area contributed by atoms with Crippen LogP contribution in [0.1, 0.15) is 48.9 Å². The van der Waals surface area contributed by atoms with E-state index in [4.69, 9.17) is 9.47 Å². The maximum Gasteiger partial charge on any atom is 0.310 e. The Kier molecular flexibility index (Phi) is 7.67. The van der Waals surface area contributed by atoms with Gasteiger partial charge >= 0.3 is 5.97 Å². The molecule has 0 atom stereocenters. The number of benzene rings is 2. The third-order valence-electron chi connectivity index (χ3n) is 4.27. The van der Waals surface area contributed by atoms with Crippen molar-refractivity contribution >= 4 is 5.97 Å². The summed E-state index contributed by atoms with van der Waals surface area (Å²) >= 11 is 0. The zero-order valence-corrected chi connectivity index (χ0v) is 15.9. The number of ether oxygens (including phenoxy) is 2. The first-order chi connectivity index (χ1) is 12.6. The van der Waals surface area contributed by atoms with Crippen molar-refractivity contribution < 1.29 is 19.4 Å². The molecular weight excluding hydrogens is 328 g/mol. The Morgan fingerprint density at radius 1 is 1.00 bits per heavy atom. The molecule has 1 N–H and O–H groups in total. The second-order valence-corrected chi connectivity index (χ2v) is 6.36. The first-order valence-electron chi connectivity index (χ1n) is 9.21. The molecule has 4 heteroatoms. The highest BCUT2D eigenvalue weighted by atomic mass is 16.5. The van der Waals surface area contributed by atoms with E-state index in [1.54, 1.807) is 0 Å². The average Bonchev–Trinajstić information content (AvgIpc) is 2.65. The van der Waals surface area contributed by atoms with Gasteiger partial charge in [0.15, 0.2) is 0 Å². The fourth-order valence-corrected chi connectivity index (χ4v) is 3.05. The minimum absolute atomic E-state index is 0.0205. The van der Waals surface area contributed by atoms with Crippen molar-refractivity contribution in [1.29, 1.82) is 0 Å². The maximum atomic E-state index is 11.7. The number of carbonyl (C=O) groups is 1. The van der Waals surface area contributed by atoms with Gasteiger partial charge in [-0.3, -0.25) is 4.79 Å². The molecule has 2 aromatic rings. The van der Waals surface area contributed by atoms with E-state index < -0.39 is 0 Å². The summed E-state index contributed by atoms with van der Waals surface area (Å²) in [5.41, 5.74) is 3.90. The SMILES string of the molecule is CCCc1cc(CO)cc(CCC)c1Oc1ccccc1CC(=O)OC. The molecule has 2 aromatic carbocycles. The van der Waals surface area contributed by atoms with Crippen LogP contribution in [-0.4, -0.2) is 18.2 Å². The second kappa shape index (κ2) is 9.97. The molecule has 0 aromatic heterocycles. The Morgan fingerprint density at radius 3 is 2.15 bits per heavy atom. The zero-order chi connectivity index (χ0) is 18.9. The summed E-state index contributed by atoms with van der Waals surface area (Å²) in [7, 11) is 1.39. The highest BCUT2D eigenvalue weighted by Gasteiger charge is 2.15. The molecule has 0 aliphatic carbocycles. The molecule has 2 rings (SSSR count). The van der Waals surface area contributed by atoms with Gasteiger partial charge in [-0.05, 0) is 47.7 Å². The van der Waals surface area contributed by atoms with Gasteiger partial charge in [-0.15, -0.1) is 0 Å². The number of esters is 1. The molecule has 0 unspecified atom stereocenters. The van der Waals surface area contributed by atoms with Gasteiger partial charge in [0.1, 0.15) is 11.5 Å². The summed E-state index contributed by atoms with van der Waals surface area (Å²) < 4.78 is 11.1. The minimum atomic E-state index is -0.292. The number of hydrogen-bond donors (Lipinski definition) is 1. The predicted octanol–water partition coefficient (Wildman–Crippen LogP) is 4.59. The first kappa shape index (κ1) is 20.0. The summed E-state index contributed by atoms with van der Waals surface area (Å²) in [5, 5.41) is 9.58. The lowest BCUT2D eigenvalue weighted by atomic mass is 9.98. The highest BCUT2D eigenvalue weighted by molar-refractivity contribution is 5.73. The minimum Gasteiger partial charge on any atom is -0.469 e. The van der Waals surface area contributed by atoms with Crippen LogP contribution >= 0.6 is 0 Å². The van der Waals surface area contributed by atoms with E-state index in [-0.39, 0.29) is 19.0 Å². The molecule has 4 nitrogen and oxygen atoms in total. The Morgan fingerprint density at radius 2 is 1.62 bits per heavy atom. The van der Waals surface area contributed by atoms with Crippen molar-refractivity contribution in [3.05, 3.63) is 58.7 Å². The van der Waals surface area contributed by atoms with Gasteiger partial charge in [0.25, 0.3) is 0 Å². The molecule has 26 heavy (non-hydrogen) atoms. The second-order valence-electron chi connectivity index (χ2n) is 6.36. The largest absolute Gasteiger partial charge is 0.469 e. The lowest BCUT2D eigenvalue weighted by Gasteiger charge is -2.19. The maximum absolute atomic E-state index is 11.7. The van der Waals surface area contributed by atoms with Gasteiger partial charge in [0.05, 0.1) is 20.1 Å². The molecule has 0 amide bonds. The highest BCUT2D eigenvalue weighted by Crippen LogP contribution is 2.34. The van der Waals surface area contributed by atoms with Gasteiger partial charge in [0.2, 0.25) is 0 Å². The Labute approximate surface area is 155 Å². The van der Waals surface area contributed by atoms with Crippen LogP contribution in [0.4, 0.5) is 0 Å². The van der Waals surface area contributed by atoms with E-state index in [1.165, 1.54) is 7.11 Å². The normalized spacial score (nSPS) is 10.6. The molecule has 0 spiro atoms. The quantitative estimate of drug-likeness (QED) is 0.668. The van der Waals surface area contributed by atoms with Crippen molar-refractivity contribution in [2.45, 2.75) is 52.6 Å². The van der Waals surface area contributed by atoms with Crippen LogP contribution in [0.3, 0.4) is 0 Å². The van der Waals surface area contributed by atoms with Crippen molar-refractivity contribution in [3.63, 3.8) is 0 Å². The standard InChI is InChI=1S/C22H28O4/c1-4-8-18-12-16(15-23)13-19(9-5-2)22(18)26-20-11-7-6-10-17(20)14-21(24)25-3/h6-7,10-13,23H,4-5,8-9,14-15H2,1-3H3. The smallest absolute Gasteiger partial charge is 0.310 e. The summed E-state index contributed by atoms with van der Waals surface area (Å²) in [4.78, 5) is 11.7. The molecule has 0 heterocycles. The number of carbonyl (C=O) groups excluding carboxylic acids is 1. The molecule has 0 bridgehead atoms. The average molecular weight is 356 g/mol. The number of para-hydroxylation sites is 1. The Bertz CT molecular complexity index is 710. The zero-order valence-electron chi connectivity index (χ0n) is 15.9. The molecule has 0 fully saturated rings. The van der Waals surface area contributed by atoms with E-state index >= 15 is 0 Å². The van der Waals surface area contributed by atoms with Crippen LogP contribution in [0.2, 0.25) is 0 Å². The summed E-state index contributed by atoms with van der Waals surface area (Å²) in [6, 6.07) is 11.6. The van der Waals surface area contributed by atoms with Gasteiger partial charge in [-0.25, -0.2) is 0 Å². The lowest BCUT2D eigenvalue weighted by Crippen LogP contribution is -2.07.